The molecule has 9 nitrogen and oxygen atoms in total. The van der Waals surface area contributed by atoms with Crippen molar-refractivity contribution in [3.05, 3.63) is 48.0 Å². The number of aliphatic hydroxyl groups excluding tert-OH is 1. The summed E-state index contributed by atoms with van der Waals surface area (Å²) in [5.74, 6) is -0.780. The van der Waals surface area contributed by atoms with Crippen LogP contribution in [0.15, 0.2) is 42.5 Å². The lowest BCUT2D eigenvalue weighted by Crippen LogP contribution is -2.59. The lowest BCUT2D eigenvalue weighted by molar-refractivity contribution is -0.156. The van der Waals surface area contributed by atoms with Gasteiger partial charge in [-0.2, -0.15) is 0 Å². The summed E-state index contributed by atoms with van der Waals surface area (Å²) in [4.78, 5) is 26.4. The van der Waals surface area contributed by atoms with Crippen molar-refractivity contribution in [2.45, 2.75) is 226 Å². The highest BCUT2D eigenvalue weighted by Gasteiger charge is 2.45. The Kier molecular flexibility index (Phi) is 23.2. The Morgan fingerprint density at radius 3 is 1.84 bits per heavy atom. The summed E-state index contributed by atoms with van der Waals surface area (Å²) >= 11 is 0. The van der Waals surface area contributed by atoms with Crippen molar-refractivity contribution in [3.8, 4) is 0 Å². The minimum Gasteiger partial charge on any atom is -0.464 e. The van der Waals surface area contributed by atoms with Crippen LogP contribution in [0.1, 0.15) is 152 Å². The fourth-order valence-corrected chi connectivity index (χ4v) is 8.57. The van der Waals surface area contributed by atoms with Gasteiger partial charge in [0.1, 0.15) is 17.8 Å². The van der Waals surface area contributed by atoms with Gasteiger partial charge in [0.05, 0.1) is 19.3 Å². The van der Waals surface area contributed by atoms with Crippen LogP contribution in [-0.2, 0) is 34.5 Å². The third-order valence-corrected chi connectivity index (χ3v) is 20.4. The van der Waals surface area contributed by atoms with Gasteiger partial charge in [-0.25, -0.2) is 9.59 Å². The first-order valence-electron chi connectivity index (χ1n) is 21.9. The van der Waals surface area contributed by atoms with E-state index in [1.54, 1.807) is 27.7 Å². The third-order valence-electron chi connectivity index (χ3n) is 11.4. The number of amides is 1. The van der Waals surface area contributed by atoms with Crippen LogP contribution in [0.5, 0.6) is 0 Å². The number of nitrogens with one attached hydrogen (secondary N) is 1. The summed E-state index contributed by atoms with van der Waals surface area (Å²) in [6.07, 6.45) is 12.8. The molecule has 2 N–H and O–H groups in total. The molecule has 0 unspecified atom stereocenters. The minimum atomic E-state index is -2.45. The summed E-state index contributed by atoms with van der Waals surface area (Å²) in [7, 11) is -4.29. The highest BCUT2D eigenvalue weighted by Crippen LogP contribution is 2.39. The number of unbranched alkanes of at least 4 members (excludes halogenated alkanes) is 7. The van der Waals surface area contributed by atoms with Crippen LogP contribution in [0.3, 0.4) is 0 Å². The molecule has 1 aromatic carbocycles. The van der Waals surface area contributed by atoms with Gasteiger partial charge < -0.3 is 33.5 Å². The van der Waals surface area contributed by atoms with Gasteiger partial charge in [-0.1, -0.05) is 136 Å². The van der Waals surface area contributed by atoms with Crippen molar-refractivity contribution in [2.24, 2.45) is 0 Å². The molecular formula is C46H85NO8Si2. The number of ether oxygens (including phenoxy) is 3. The molecule has 1 rings (SSSR count). The number of allylic oxidation sites excluding steroid dienone is 1. The van der Waals surface area contributed by atoms with Crippen LogP contribution in [-0.4, -0.2) is 76.5 Å². The van der Waals surface area contributed by atoms with Gasteiger partial charge in [0.2, 0.25) is 0 Å². The van der Waals surface area contributed by atoms with Gasteiger partial charge in [-0.05, 0) is 95.2 Å². The molecule has 0 bridgehead atoms. The zero-order valence-electron chi connectivity index (χ0n) is 38.9. The van der Waals surface area contributed by atoms with E-state index >= 15 is 0 Å². The summed E-state index contributed by atoms with van der Waals surface area (Å²) in [5, 5.41) is 14.7. The topological polar surface area (TPSA) is 113 Å². The summed E-state index contributed by atoms with van der Waals surface area (Å²) in [6, 6.07) is 8.20. The zero-order chi connectivity index (χ0) is 43.5. The summed E-state index contributed by atoms with van der Waals surface area (Å²) in [6.45, 7) is 31.9. The van der Waals surface area contributed by atoms with E-state index in [0.29, 0.717) is 6.10 Å². The van der Waals surface area contributed by atoms with Gasteiger partial charge in [0, 0.05) is 6.10 Å². The molecule has 11 heteroatoms. The van der Waals surface area contributed by atoms with Crippen LogP contribution in [0.4, 0.5) is 4.79 Å². The van der Waals surface area contributed by atoms with E-state index in [4.69, 9.17) is 23.1 Å². The predicted octanol–water partition coefficient (Wildman–Crippen LogP) is 12.0. The van der Waals surface area contributed by atoms with Gasteiger partial charge in [0.15, 0.2) is 22.7 Å². The number of carbonyl (C=O) groups is 2. The number of esters is 1. The van der Waals surface area contributed by atoms with Crippen molar-refractivity contribution in [1.82, 2.24) is 5.32 Å². The Hall–Kier alpha value is -2.03. The molecule has 1 amide bonds. The maximum Gasteiger partial charge on any atom is 0.408 e. The minimum absolute atomic E-state index is 0.0701. The normalized spacial score (nSPS) is 15.9. The monoisotopic (exact) mass is 836 g/mol. The summed E-state index contributed by atoms with van der Waals surface area (Å²) in [5.41, 5.74) is 0.0817. The van der Waals surface area contributed by atoms with E-state index in [1.807, 2.05) is 36.4 Å². The van der Waals surface area contributed by atoms with Crippen LogP contribution >= 0.6 is 0 Å². The third kappa shape index (κ3) is 20.7. The molecule has 330 valence electrons. The van der Waals surface area contributed by atoms with E-state index in [2.05, 4.69) is 86.0 Å². The number of rotatable bonds is 26. The van der Waals surface area contributed by atoms with Gasteiger partial charge in [0.25, 0.3) is 0 Å². The van der Waals surface area contributed by atoms with Crippen LogP contribution in [0.25, 0.3) is 0 Å². The molecular weight excluding hydrogens is 751 g/mol. The van der Waals surface area contributed by atoms with E-state index in [-0.39, 0.29) is 23.3 Å². The average molecular weight is 836 g/mol. The molecule has 0 aromatic heterocycles. The van der Waals surface area contributed by atoms with Crippen molar-refractivity contribution < 1.29 is 37.8 Å². The molecule has 0 saturated carbocycles. The Bertz CT molecular complexity index is 1300. The second-order valence-corrected chi connectivity index (χ2v) is 29.3. The number of aliphatic hydroxyl groups is 1. The van der Waals surface area contributed by atoms with Crippen molar-refractivity contribution in [2.75, 3.05) is 6.61 Å². The van der Waals surface area contributed by atoms with Crippen LogP contribution < -0.4 is 5.32 Å². The Morgan fingerprint density at radius 1 is 0.772 bits per heavy atom. The predicted molar refractivity (Wildman–Crippen MR) is 241 cm³/mol. The second-order valence-electron chi connectivity index (χ2n) is 19.7. The molecule has 0 aliphatic heterocycles. The maximum atomic E-state index is 13.4. The molecule has 0 aliphatic carbocycles. The van der Waals surface area contributed by atoms with E-state index in [9.17, 15) is 14.7 Å². The number of hydrogen-bond acceptors (Lipinski definition) is 8. The first-order chi connectivity index (χ1) is 26.3. The molecule has 5 atom stereocenters. The summed E-state index contributed by atoms with van der Waals surface area (Å²) < 4.78 is 31.3. The number of hydrogen-bond donors (Lipinski definition) is 2. The first-order valence-corrected chi connectivity index (χ1v) is 27.7. The smallest absolute Gasteiger partial charge is 0.408 e. The fraction of sp³-hybridized carbons (Fsp3) is 0.783. The van der Waals surface area contributed by atoms with Gasteiger partial charge in [-0.15, -0.1) is 0 Å². The van der Waals surface area contributed by atoms with Crippen molar-refractivity contribution in [1.29, 1.82) is 0 Å². The zero-order valence-corrected chi connectivity index (χ0v) is 40.9. The highest BCUT2D eigenvalue weighted by atomic mass is 28.4. The Balaban J connectivity index is 3.28. The highest BCUT2D eigenvalue weighted by molar-refractivity contribution is 6.74. The second kappa shape index (κ2) is 24.9. The lowest BCUT2D eigenvalue weighted by atomic mass is 9.99. The van der Waals surface area contributed by atoms with Crippen LogP contribution in [0, 0.1) is 0 Å². The van der Waals surface area contributed by atoms with Crippen molar-refractivity contribution in [3.63, 3.8) is 0 Å². The first kappa shape index (κ1) is 53.0. The molecule has 0 radical (unpaired) electrons. The molecule has 0 saturated heterocycles. The number of benzene rings is 1. The largest absolute Gasteiger partial charge is 0.464 e. The SMILES string of the molecule is CCCCCC[C@H](CCCCCC/C=C/[C@H](O[Si](C)(C)C(C)(C)C)[C@@H](OCc1ccccc1)[C@H](O)[C@H](NC(=O)OC(C)(C)C)C(=O)OCC)O[Si](C)(C)C(C)(C)C. The lowest BCUT2D eigenvalue weighted by Gasteiger charge is -2.42. The van der Waals surface area contributed by atoms with E-state index in [1.165, 1.54) is 25.7 Å². The van der Waals surface area contributed by atoms with E-state index in [0.717, 1.165) is 50.5 Å². The van der Waals surface area contributed by atoms with Gasteiger partial charge >= 0.3 is 12.1 Å². The molecule has 0 aliphatic rings. The number of alkyl carbamates (subject to hydrolysis) is 1. The quantitative estimate of drug-likeness (QED) is 0.0411. The van der Waals surface area contributed by atoms with Crippen molar-refractivity contribution >= 4 is 28.7 Å². The number of carbonyl (C=O) groups excluding carboxylic acids is 2. The Morgan fingerprint density at radius 2 is 1.32 bits per heavy atom. The van der Waals surface area contributed by atoms with Gasteiger partial charge in [-0.3, -0.25) is 0 Å². The van der Waals surface area contributed by atoms with E-state index < -0.39 is 58.7 Å². The van der Waals surface area contributed by atoms with Crippen LogP contribution in [0.2, 0.25) is 36.3 Å². The molecule has 0 fully saturated rings. The molecule has 0 spiro atoms. The molecule has 1 aromatic rings. The molecule has 57 heavy (non-hydrogen) atoms. The average Bonchev–Trinajstić information content (AvgIpc) is 3.08. The fourth-order valence-electron chi connectivity index (χ4n) is 5.90. The Labute approximate surface area is 351 Å². The standard InChI is InChI=1S/C46H85NO8Si2/c1-16-18-19-27-32-37(54-56(12,13)45(6,7)8)33-28-22-20-21-23-29-34-38(55-57(14,15)46(9,10)11)41(52-35-36-30-25-24-26-31-36)40(48)39(42(49)51-17-2)47-43(50)53-44(3,4)5/h24-26,29-31,34,37-41,48H,16-23,27-28,32-33,35H2,1-15H3,(H,47,50)/b34-29+/t37-,38+,39+,40-,41-/m1/s1. The maximum absolute atomic E-state index is 13.4. The molecule has 0 heterocycles.